The Kier molecular flexibility index (Phi) is 3.12. The number of aromatic amines is 1. The van der Waals surface area contributed by atoms with E-state index in [1.54, 1.807) is 19.4 Å². The number of nitrogens with one attached hydrogen (secondary N) is 2. The van der Waals surface area contributed by atoms with Crippen molar-refractivity contribution in [2.24, 2.45) is 0 Å². The van der Waals surface area contributed by atoms with Crippen LogP contribution in [0, 0.1) is 11.3 Å². The Morgan fingerprint density at radius 1 is 1.33 bits per heavy atom. The molecule has 0 amide bonds. The van der Waals surface area contributed by atoms with E-state index in [9.17, 15) is 0 Å². The van der Waals surface area contributed by atoms with Gasteiger partial charge in [-0.05, 0) is 18.2 Å². The molecular weight excluding hydrogens is 266 g/mol. The van der Waals surface area contributed by atoms with E-state index in [2.05, 4.69) is 31.3 Å². The molecule has 0 unspecified atom stereocenters. The number of fused-ring (bicyclic) bond motifs is 1. The summed E-state index contributed by atoms with van der Waals surface area (Å²) in [5.41, 5.74) is 2.81. The molecular formula is C14H13N7. The highest BCUT2D eigenvalue weighted by Gasteiger charge is 2.14. The molecule has 7 heteroatoms. The number of aromatic nitrogens is 4. The zero-order chi connectivity index (χ0) is 14.8. The molecule has 0 bridgehead atoms. The van der Waals surface area contributed by atoms with Gasteiger partial charge in [-0.2, -0.15) is 15.2 Å². The van der Waals surface area contributed by atoms with Crippen LogP contribution < -0.4 is 10.2 Å². The van der Waals surface area contributed by atoms with Crippen LogP contribution in [-0.2, 0) is 0 Å². The largest absolute Gasteiger partial charge is 0.357 e. The fraction of sp³-hybridized carbons (Fsp3) is 0.143. The van der Waals surface area contributed by atoms with Crippen LogP contribution in [0.25, 0.3) is 11.2 Å². The number of rotatable bonds is 3. The summed E-state index contributed by atoms with van der Waals surface area (Å²) in [5.74, 6) is 1.19. The highest BCUT2D eigenvalue weighted by molar-refractivity contribution is 5.87. The summed E-state index contributed by atoms with van der Waals surface area (Å²) in [6.07, 6.45) is 1.59. The van der Waals surface area contributed by atoms with Gasteiger partial charge in [-0.15, -0.1) is 0 Å². The van der Waals surface area contributed by atoms with Gasteiger partial charge in [0.15, 0.2) is 11.5 Å². The lowest BCUT2D eigenvalue weighted by Crippen LogP contribution is -2.13. The molecule has 0 saturated heterocycles. The SMILES string of the molecule is CNc1nc(N(C)c2cccc(C#N)c2)c2[nH]cnc2n1. The van der Waals surface area contributed by atoms with E-state index in [0.29, 0.717) is 23.0 Å². The van der Waals surface area contributed by atoms with Crippen molar-refractivity contribution in [3.8, 4) is 6.07 Å². The normalized spacial score (nSPS) is 10.3. The Balaban J connectivity index is 2.14. The third-order valence-corrected chi connectivity index (χ3v) is 3.17. The van der Waals surface area contributed by atoms with Crippen LogP contribution >= 0.6 is 0 Å². The molecule has 3 aromatic rings. The van der Waals surface area contributed by atoms with Gasteiger partial charge in [0, 0.05) is 19.8 Å². The van der Waals surface area contributed by atoms with Crippen molar-refractivity contribution in [1.29, 1.82) is 5.26 Å². The molecule has 0 radical (unpaired) electrons. The van der Waals surface area contributed by atoms with Crippen LogP contribution in [-0.4, -0.2) is 34.0 Å². The van der Waals surface area contributed by atoms with E-state index in [1.807, 2.05) is 30.1 Å². The molecule has 0 aliphatic carbocycles. The van der Waals surface area contributed by atoms with Gasteiger partial charge < -0.3 is 15.2 Å². The van der Waals surface area contributed by atoms with Gasteiger partial charge >= 0.3 is 0 Å². The molecule has 1 aromatic carbocycles. The number of anilines is 3. The van der Waals surface area contributed by atoms with Gasteiger partial charge in [0.2, 0.25) is 5.95 Å². The van der Waals surface area contributed by atoms with Crippen LogP contribution in [0.5, 0.6) is 0 Å². The van der Waals surface area contributed by atoms with Gasteiger partial charge in [0.25, 0.3) is 0 Å². The Morgan fingerprint density at radius 2 is 2.19 bits per heavy atom. The van der Waals surface area contributed by atoms with Crippen molar-refractivity contribution >= 4 is 28.6 Å². The maximum atomic E-state index is 9.01. The Labute approximate surface area is 121 Å². The summed E-state index contributed by atoms with van der Waals surface area (Å²) in [5, 5.41) is 11.9. The molecule has 7 nitrogen and oxygen atoms in total. The minimum Gasteiger partial charge on any atom is -0.357 e. The predicted molar refractivity (Wildman–Crippen MR) is 80.5 cm³/mol. The fourth-order valence-corrected chi connectivity index (χ4v) is 2.08. The molecule has 21 heavy (non-hydrogen) atoms. The van der Waals surface area contributed by atoms with Crippen molar-refractivity contribution in [3.05, 3.63) is 36.2 Å². The second-order valence-electron chi connectivity index (χ2n) is 4.44. The van der Waals surface area contributed by atoms with Crippen molar-refractivity contribution < 1.29 is 0 Å². The smallest absolute Gasteiger partial charge is 0.226 e. The second-order valence-corrected chi connectivity index (χ2v) is 4.44. The van der Waals surface area contributed by atoms with E-state index in [4.69, 9.17) is 5.26 Å². The van der Waals surface area contributed by atoms with Crippen LogP contribution in [0.4, 0.5) is 17.5 Å². The average molecular weight is 279 g/mol. The van der Waals surface area contributed by atoms with Crippen LogP contribution in [0.2, 0.25) is 0 Å². The first-order chi connectivity index (χ1) is 10.2. The maximum Gasteiger partial charge on any atom is 0.226 e. The summed E-state index contributed by atoms with van der Waals surface area (Å²) >= 11 is 0. The topological polar surface area (TPSA) is 93.5 Å². The summed E-state index contributed by atoms with van der Waals surface area (Å²) in [4.78, 5) is 17.9. The summed E-state index contributed by atoms with van der Waals surface area (Å²) in [7, 11) is 3.65. The highest BCUT2D eigenvalue weighted by Crippen LogP contribution is 2.28. The molecule has 2 heterocycles. The molecule has 3 rings (SSSR count). The minimum absolute atomic E-state index is 0.493. The third kappa shape index (κ3) is 2.23. The lowest BCUT2D eigenvalue weighted by Gasteiger charge is -2.19. The predicted octanol–water partition coefficient (Wildman–Crippen LogP) is 2.03. The highest BCUT2D eigenvalue weighted by atomic mass is 15.2. The molecule has 0 fully saturated rings. The molecule has 0 aliphatic heterocycles. The lowest BCUT2D eigenvalue weighted by atomic mass is 10.2. The Bertz CT molecular complexity index is 831. The van der Waals surface area contributed by atoms with E-state index >= 15 is 0 Å². The number of nitrogens with zero attached hydrogens (tertiary/aromatic N) is 5. The van der Waals surface area contributed by atoms with E-state index < -0.39 is 0 Å². The zero-order valence-electron chi connectivity index (χ0n) is 11.6. The van der Waals surface area contributed by atoms with Crippen LogP contribution in [0.15, 0.2) is 30.6 Å². The fourth-order valence-electron chi connectivity index (χ4n) is 2.08. The van der Waals surface area contributed by atoms with Gasteiger partial charge in [0.05, 0.1) is 18.0 Å². The number of hydrogen-bond donors (Lipinski definition) is 2. The standard InChI is InChI=1S/C14H13N7/c1-16-14-19-12-11(17-8-18-12)13(20-14)21(2)10-5-3-4-9(6-10)7-15/h3-6,8H,1-2H3,(H2,16,17,18,19,20). The molecule has 104 valence electrons. The molecule has 0 saturated carbocycles. The summed E-state index contributed by atoms with van der Waals surface area (Å²) < 4.78 is 0. The van der Waals surface area contributed by atoms with E-state index in [1.165, 1.54) is 0 Å². The summed E-state index contributed by atoms with van der Waals surface area (Å²) in [6, 6.07) is 9.47. The first kappa shape index (κ1) is 12.9. The van der Waals surface area contributed by atoms with E-state index in [0.717, 1.165) is 11.2 Å². The second kappa shape index (κ2) is 5.09. The number of nitriles is 1. The lowest BCUT2D eigenvalue weighted by molar-refractivity contribution is 1.10. The first-order valence-corrected chi connectivity index (χ1v) is 6.35. The van der Waals surface area contributed by atoms with Crippen LogP contribution in [0.3, 0.4) is 0 Å². The summed E-state index contributed by atoms with van der Waals surface area (Å²) in [6.45, 7) is 0. The number of hydrogen-bond acceptors (Lipinski definition) is 6. The van der Waals surface area contributed by atoms with E-state index in [-0.39, 0.29) is 0 Å². The van der Waals surface area contributed by atoms with Gasteiger partial charge in [0.1, 0.15) is 5.52 Å². The average Bonchev–Trinajstić information content (AvgIpc) is 3.01. The van der Waals surface area contributed by atoms with Gasteiger partial charge in [-0.25, -0.2) is 4.98 Å². The van der Waals surface area contributed by atoms with Crippen molar-refractivity contribution in [2.45, 2.75) is 0 Å². The Hall–Kier alpha value is -3.14. The third-order valence-electron chi connectivity index (χ3n) is 3.17. The molecule has 2 N–H and O–H groups in total. The first-order valence-electron chi connectivity index (χ1n) is 6.35. The number of imidazole rings is 1. The molecule has 0 spiro atoms. The quantitative estimate of drug-likeness (QED) is 0.762. The number of H-pyrrole nitrogens is 1. The van der Waals surface area contributed by atoms with Crippen molar-refractivity contribution in [1.82, 2.24) is 19.9 Å². The minimum atomic E-state index is 0.493. The van der Waals surface area contributed by atoms with Crippen LogP contribution in [0.1, 0.15) is 5.56 Å². The van der Waals surface area contributed by atoms with Crippen molar-refractivity contribution in [2.75, 3.05) is 24.3 Å². The molecule has 0 atom stereocenters. The Morgan fingerprint density at radius 3 is 2.95 bits per heavy atom. The van der Waals surface area contributed by atoms with Gasteiger partial charge in [-0.3, -0.25) is 0 Å². The molecule has 2 aromatic heterocycles. The maximum absolute atomic E-state index is 9.01. The zero-order valence-corrected chi connectivity index (χ0v) is 11.6. The molecule has 0 aliphatic rings. The number of benzene rings is 1. The monoisotopic (exact) mass is 279 g/mol. The van der Waals surface area contributed by atoms with Gasteiger partial charge in [-0.1, -0.05) is 6.07 Å². The van der Waals surface area contributed by atoms with Crippen molar-refractivity contribution in [3.63, 3.8) is 0 Å².